The van der Waals surface area contributed by atoms with E-state index in [1.165, 1.54) is 11.8 Å². The van der Waals surface area contributed by atoms with Crippen molar-refractivity contribution in [2.45, 2.75) is 18.6 Å². The van der Waals surface area contributed by atoms with Crippen LogP contribution in [0, 0.1) is 6.92 Å². The minimum Gasteiger partial charge on any atom is -0.325 e. The molecule has 5 aromatic rings. The van der Waals surface area contributed by atoms with E-state index >= 15 is 0 Å². The van der Waals surface area contributed by atoms with E-state index in [-0.39, 0.29) is 17.2 Å². The van der Waals surface area contributed by atoms with Crippen molar-refractivity contribution in [1.82, 2.24) is 19.2 Å². The molecule has 170 valence electrons. The maximum Gasteiger partial charge on any atom is 0.263 e. The summed E-state index contributed by atoms with van der Waals surface area (Å²) in [4.78, 5) is 25.9. The fourth-order valence-electron chi connectivity index (χ4n) is 3.78. The van der Waals surface area contributed by atoms with Gasteiger partial charge in [0.05, 0.1) is 23.2 Å². The van der Waals surface area contributed by atoms with Gasteiger partial charge in [-0.1, -0.05) is 71.9 Å². The Kier molecular flexibility index (Phi) is 6.08. The maximum absolute atomic E-state index is 13.3. The number of aryl methyl sites for hydroxylation is 1. The lowest BCUT2D eigenvalue weighted by atomic mass is 10.2. The quantitative estimate of drug-likeness (QED) is 0.347. The summed E-state index contributed by atoms with van der Waals surface area (Å²) in [5.41, 5.74) is 3.14. The lowest BCUT2D eigenvalue weighted by Crippen LogP contribution is -2.24. The van der Waals surface area contributed by atoms with Gasteiger partial charge < -0.3 is 5.32 Å². The Labute approximate surface area is 204 Å². The van der Waals surface area contributed by atoms with E-state index in [0.29, 0.717) is 39.1 Å². The summed E-state index contributed by atoms with van der Waals surface area (Å²) in [5, 5.41) is 13.2. The molecule has 9 heteroatoms. The topological polar surface area (TPSA) is 81.3 Å². The average molecular weight is 490 g/mol. The van der Waals surface area contributed by atoms with Crippen LogP contribution in [0.5, 0.6) is 0 Å². The van der Waals surface area contributed by atoms with Crippen molar-refractivity contribution < 1.29 is 4.79 Å². The number of halogens is 1. The molecule has 1 amide bonds. The van der Waals surface area contributed by atoms with Crippen LogP contribution >= 0.6 is 23.4 Å². The molecule has 0 aliphatic carbocycles. The fourth-order valence-corrected chi connectivity index (χ4v) is 4.69. The molecule has 0 aliphatic heterocycles. The van der Waals surface area contributed by atoms with Gasteiger partial charge in [0.25, 0.3) is 5.56 Å². The molecule has 1 N–H and O–H groups in total. The minimum atomic E-state index is -0.186. The van der Waals surface area contributed by atoms with Crippen molar-refractivity contribution in [2.75, 3.05) is 11.1 Å². The van der Waals surface area contributed by atoms with Gasteiger partial charge in [0.15, 0.2) is 5.16 Å². The first-order chi connectivity index (χ1) is 16.5. The second-order valence-corrected chi connectivity index (χ2v) is 9.19. The van der Waals surface area contributed by atoms with Crippen LogP contribution in [0.1, 0.15) is 11.1 Å². The van der Waals surface area contributed by atoms with Crippen LogP contribution in [0.15, 0.2) is 82.7 Å². The first kappa shape index (κ1) is 22.2. The van der Waals surface area contributed by atoms with Gasteiger partial charge >= 0.3 is 0 Å². The molecule has 0 aliphatic rings. The van der Waals surface area contributed by atoms with E-state index in [1.807, 2.05) is 65.9 Å². The summed E-state index contributed by atoms with van der Waals surface area (Å²) in [7, 11) is 0. The number of aromatic nitrogens is 4. The van der Waals surface area contributed by atoms with Crippen molar-refractivity contribution in [3.63, 3.8) is 0 Å². The van der Waals surface area contributed by atoms with Gasteiger partial charge in [-0.05, 0) is 42.3 Å². The molecule has 2 aromatic heterocycles. The van der Waals surface area contributed by atoms with Crippen LogP contribution in [0.3, 0.4) is 0 Å². The third kappa shape index (κ3) is 4.30. The van der Waals surface area contributed by atoms with Gasteiger partial charge in [0.1, 0.15) is 0 Å². The van der Waals surface area contributed by atoms with Crippen LogP contribution in [0.25, 0.3) is 16.7 Å². The largest absolute Gasteiger partial charge is 0.325 e. The van der Waals surface area contributed by atoms with Crippen molar-refractivity contribution in [1.29, 1.82) is 0 Å². The standard InChI is InChI=1S/C25H20ClN5O2S/c1-16-11-12-18(26)13-20(16)27-22(32)15-34-25-29-28-24-30(14-17-7-3-2-4-8-17)23(33)19-9-5-6-10-21(19)31(24)25/h2-13H,14-15H2,1H3,(H,27,32). The summed E-state index contributed by atoms with van der Waals surface area (Å²) in [6.07, 6.45) is 0. The average Bonchev–Trinajstić information content (AvgIpc) is 3.27. The second kappa shape index (κ2) is 9.32. The van der Waals surface area contributed by atoms with E-state index in [0.717, 1.165) is 11.1 Å². The first-order valence-corrected chi connectivity index (χ1v) is 12.0. The second-order valence-electron chi connectivity index (χ2n) is 7.81. The Bertz CT molecular complexity index is 1580. The summed E-state index contributed by atoms with van der Waals surface area (Å²) in [5.74, 6) is 0.369. The number of rotatable bonds is 6. The van der Waals surface area contributed by atoms with Gasteiger partial charge in [-0.15, -0.1) is 10.2 Å². The number of hydrogen-bond acceptors (Lipinski definition) is 5. The smallest absolute Gasteiger partial charge is 0.263 e. The van der Waals surface area contributed by atoms with E-state index in [9.17, 15) is 9.59 Å². The maximum atomic E-state index is 13.3. The van der Waals surface area contributed by atoms with Crippen molar-refractivity contribution in [3.8, 4) is 0 Å². The molecular weight excluding hydrogens is 470 g/mol. The van der Waals surface area contributed by atoms with Crippen molar-refractivity contribution in [2.24, 2.45) is 0 Å². The Hall–Kier alpha value is -3.62. The van der Waals surface area contributed by atoms with E-state index in [1.54, 1.807) is 22.8 Å². The van der Waals surface area contributed by atoms with Crippen molar-refractivity contribution >= 4 is 51.6 Å². The van der Waals surface area contributed by atoms with Gasteiger partial charge in [-0.2, -0.15) is 0 Å². The molecule has 34 heavy (non-hydrogen) atoms. The molecule has 2 heterocycles. The SMILES string of the molecule is Cc1ccc(Cl)cc1NC(=O)CSc1nnc2n(Cc3ccccc3)c(=O)c3ccccc3n12. The Balaban J connectivity index is 1.49. The third-order valence-electron chi connectivity index (χ3n) is 5.47. The highest BCUT2D eigenvalue weighted by Gasteiger charge is 2.18. The first-order valence-electron chi connectivity index (χ1n) is 10.6. The monoisotopic (exact) mass is 489 g/mol. The van der Waals surface area contributed by atoms with E-state index < -0.39 is 0 Å². The number of para-hydroxylation sites is 1. The highest BCUT2D eigenvalue weighted by molar-refractivity contribution is 7.99. The number of amides is 1. The summed E-state index contributed by atoms with van der Waals surface area (Å²) in [6, 6.07) is 22.4. The Morgan fingerprint density at radius 2 is 1.79 bits per heavy atom. The molecule has 0 fully saturated rings. The van der Waals surface area contributed by atoms with Crippen LogP contribution in [0.2, 0.25) is 5.02 Å². The minimum absolute atomic E-state index is 0.124. The molecule has 0 unspecified atom stereocenters. The molecule has 0 saturated heterocycles. The normalized spacial score (nSPS) is 11.2. The number of carbonyl (C=O) groups is 1. The third-order valence-corrected chi connectivity index (χ3v) is 6.63. The fraction of sp³-hybridized carbons (Fsp3) is 0.120. The molecule has 7 nitrogen and oxygen atoms in total. The van der Waals surface area contributed by atoms with Crippen LogP contribution < -0.4 is 10.9 Å². The molecular formula is C25H20ClN5O2S. The number of thioether (sulfide) groups is 1. The number of benzene rings is 3. The number of carbonyl (C=O) groups excluding carboxylic acids is 1. The van der Waals surface area contributed by atoms with Crippen LogP contribution in [-0.4, -0.2) is 30.8 Å². The molecule has 5 rings (SSSR count). The zero-order chi connectivity index (χ0) is 23.7. The lowest BCUT2D eigenvalue weighted by Gasteiger charge is -2.11. The zero-order valence-corrected chi connectivity index (χ0v) is 19.8. The summed E-state index contributed by atoms with van der Waals surface area (Å²) < 4.78 is 3.45. The molecule has 0 atom stereocenters. The van der Waals surface area contributed by atoms with Crippen LogP contribution in [-0.2, 0) is 11.3 Å². The Morgan fingerprint density at radius 1 is 1.03 bits per heavy atom. The molecule has 0 spiro atoms. The number of anilines is 1. The van der Waals surface area contributed by atoms with Crippen molar-refractivity contribution in [3.05, 3.63) is 99.3 Å². The molecule has 3 aromatic carbocycles. The molecule has 0 saturated carbocycles. The number of fused-ring (bicyclic) bond motifs is 3. The lowest BCUT2D eigenvalue weighted by molar-refractivity contribution is -0.113. The number of nitrogens with zero attached hydrogens (tertiary/aromatic N) is 4. The summed E-state index contributed by atoms with van der Waals surface area (Å²) in [6.45, 7) is 2.27. The van der Waals surface area contributed by atoms with Gasteiger partial charge in [0.2, 0.25) is 11.7 Å². The van der Waals surface area contributed by atoms with Gasteiger partial charge in [-0.3, -0.25) is 18.6 Å². The summed E-state index contributed by atoms with van der Waals surface area (Å²) >= 11 is 7.32. The van der Waals surface area contributed by atoms with Crippen LogP contribution in [0.4, 0.5) is 5.69 Å². The Morgan fingerprint density at radius 3 is 2.62 bits per heavy atom. The number of nitrogens with one attached hydrogen (secondary N) is 1. The predicted octanol–water partition coefficient (Wildman–Crippen LogP) is 4.79. The van der Waals surface area contributed by atoms with Gasteiger partial charge in [-0.25, -0.2) is 0 Å². The zero-order valence-electron chi connectivity index (χ0n) is 18.2. The van der Waals surface area contributed by atoms with Gasteiger partial charge in [0, 0.05) is 10.7 Å². The number of hydrogen-bond donors (Lipinski definition) is 1. The molecule has 0 radical (unpaired) electrons. The highest BCUT2D eigenvalue weighted by atomic mass is 35.5. The highest BCUT2D eigenvalue weighted by Crippen LogP contribution is 2.24. The molecule has 0 bridgehead atoms. The predicted molar refractivity (Wildman–Crippen MR) is 136 cm³/mol. The van der Waals surface area contributed by atoms with E-state index in [2.05, 4.69) is 15.5 Å². The van der Waals surface area contributed by atoms with E-state index in [4.69, 9.17) is 11.6 Å².